The second-order valence-corrected chi connectivity index (χ2v) is 5.16. The zero-order chi connectivity index (χ0) is 17.1. The van der Waals surface area contributed by atoms with Gasteiger partial charge in [0.05, 0.1) is 12.3 Å². The number of nitrogens with one attached hydrogen (secondary N) is 1. The van der Waals surface area contributed by atoms with Crippen molar-refractivity contribution in [2.45, 2.75) is 26.7 Å². The smallest absolute Gasteiger partial charge is 0.411 e. The van der Waals surface area contributed by atoms with E-state index in [9.17, 15) is 14.4 Å². The second-order valence-electron chi connectivity index (χ2n) is 5.16. The first kappa shape index (κ1) is 16.7. The third kappa shape index (κ3) is 2.96. The van der Waals surface area contributed by atoms with Crippen LogP contribution in [0.25, 0.3) is 11.0 Å². The molecule has 0 atom stereocenters. The summed E-state index contributed by atoms with van der Waals surface area (Å²) in [4.78, 5) is 40.6. The maximum Gasteiger partial charge on any atom is 0.411 e. The number of carbonyl (C=O) groups excluding carboxylic acids is 1. The average molecular weight is 320 g/mol. The first-order chi connectivity index (χ1) is 10.9. The summed E-state index contributed by atoms with van der Waals surface area (Å²) >= 11 is 0. The lowest BCUT2D eigenvalue weighted by molar-refractivity contribution is 0.168. The lowest BCUT2D eigenvalue weighted by atomic mass is 10.1. The van der Waals surface area contributed by atoms with Crippen LogP contribution in [0.5, 0.6) is 0 Å². The fraction of sp³-hybridized carbons (Fsp3) is 0.467. The topological polar surface area (TPSA) is 95.2 Å². The molecule has 0 bridgehead atoms. The normalized spacial score (nSPS) is 10.8. The number of pyridine rings is 1. The van der Waals surface area contributed by atoms with Crippen LogP contribution in [0.4, 0.5) is 10.5 Å². The van der Waals surface area contributed by atoms with E-state index in [1.54, 1.807) is 13.1 Å². The first-order valence-electron chi connectivity index (χ1n) is 7.43. The molecule has 23 heavy (non-hydrogen) atoms. The lowest BCUT2D eigenvalue weighted by Crippen LogP contribution is -2.38. The predicted molar refractivity (Wildman–Crippen MR) is 86.9 cm³/mol. The highest BCUT2D eigenvalue weighted by Crippen LogP contribution is 2.23. The fourth-order valence-corrected chi connectivity index (χ4v) is 2.44. The quantitative estimate of drug-likeness (QED) is 0.912. The van der Waals surface area contributed by atoms with Crippen molar-refractivity contribution in [1.29, 1.82) is 0 Å². The van der Waals surface area contributed by atoms with Gasteiger partial charge in [0, 0.05) is 20.3 Å². The number of aryl methyl sites for hydroxylation is 2. The molecule has 2 aromatic rings. The van der Waals surface area contributed by atoms with E-state index in [1.165, 1.54) is 18.7 Å². The molecule has 2 heterocycles. The van der Waals surface area contributed by atoms with E-state index < -0.39 is 17.3 Å². The van der Waals surface area contributed by atoms with E-state index in [0.29, 0.717) is 12.1 Å². The molecule has 0 saturated heterocycles. The maximum atomic E-state index is 12.5. The molecule has 8 heteroatoms. The Hall–Kier alpha value is -2.64. The molecule has 1 N–H and O–H groups in total. The number of hydrogen-bond donors (Lipinski definition) is 1. The van der Waals surface area contributed by atoms with Crippen molar-refractivity contribution in [3.63, 3.8) is 0 Å². The monoisotopic (exact) mass is 320 g/mol. The molecule has 1 amide bonds. The molecular weight excluding hydrogens is 300 g/mol. The number of hydrogen-bond acceptors (Lipinski definition) is 5. The number of aromatic nitrogens is 3. The van der Waals surface area contributed by atoms with Crippen LogP contribution in [0.1, 0.15) is 25.8 Å². The van der Waals surface area contributed by atoms with Crippen molar-refractivity contribution in [3.8, 4) is 0 Å². The number of carbonyl (C=O) groups is 1. The molecule has 2 rings (SSSR count). The van der Waals surface area contributed by atoms with Crippen LogP contribution in [-0.2, 0) is 25.3 Å². The predicted octanol–water partition coefficient (Wildman–Crippen LogP) is 1.15. The molecule has 0 radical (unpaired) electrons. The minimum absolute atomic E-state index is 0.202. The van der Waals surface area contributed by atoms with Crippen molar-refractivity contribution in [3.05, 3.63) is 32.6 Å². The van der Waals surface area contributed by atoms with E-state index in [-0.39, 0.29) is 17.6 Å². The highest BCUT2D eigenvalue weighted by atomic mass is 16.5. The van der Waals surface area contributed by atoms with Gasteiger partial charge in [0.2, 0.25) is 0 Å². The van der Waals surface area contributed by atoms with Crippen molar-refractivity contribution in [2.24, 2.45) is 14.1 Å². The SMILES string of the molecule is CCCc1cnc2c(c1NC(=O)OCC)c(=O)n(C)c(=O)n2C. The van der Waals surface area contributed by atoms with Crippen molar-refractivity contribution in [1.82, 2.24) is 14.1 Å². The van der Waals surface area contributed by atoms with E-state index in [0.717, 1.165) is 16.6 Å². The summed E-state index contributed by atoms with van der Waals surface area (Å²) in [6.07, 6.45) is 2.38. The fourth-order valence-electron chi connectivity index (χ4n) is 2.44. The number of nitrogens with zero attached hydrogens (tertiary/aromatic N) is 3. The summed E-state index contributed by atoms with van der Waals surface area (Å²) in [5.74, 6) is 0. The summed E-state index contributed by atoms with van der Waals surface area (Å²) in [5, 5.41) is 2.83. The number of anilines is 1. The molecule has 0 aliphatic carbocycles. The molecule has 0 aromatic carbocycles. The summed E-state index contributed by atoms with van der Waals surface area (Å²) < 4.78 is 7.18. The summed E-state index contributed by atoms with van der Waals surface area (Å²) in [6.45, 7) is 3.89. The van der Waals surface area contributed by atoms with Gasteiger partial charge in [0.25, 0.3) is 5.56 Å². The maximum absolute atomic E-state index is 12.5. The van der Waals surface area contributed by atoms with Crippen LogP contribution < -0.4 is 16.6 Å². The standard InChI is InChI=1S/C15H20N4O4/c1-5-7-9-8-16-12-10(11(9)17-14(21)23-6-2)13(20)19(4)15(22)18(12)3/h8H,5-7H2,1-4H3,(H,16,17,21). The van der Waals surface area contributed by atoms with E-state index in [4.69, 9.17) is 4.74 Å². The van der Waals surface area contributed by atoms with Crippen LogP contribution in [0.2, 0.25) is 0 Å². The molecule has 0 aliphatic heterocycles. The van der Waals surface area contributed by atoms with Gasteiger partial charge in [0.1, 0.15) is 5.39 Å². The summed E-state index contributed by atoms with van der Waals surface area (Å²) in [5.41, 5.74) is 0.334. The zero-order valence-electron chi connectivity index (χ0n) is 13.7. The Kier molecular flexibility index (Phi) is 4.83. The highest BCUT2D eigenvalue weighted by molar-refractivity contribution is 5.98. The Morgan fingerprint density at radius 2 is 1.96 bits per heavy atom. The number of ether oxygens (including phenoxy) is 1. The third-order valence-electron chi connectivity index (χ3n) is 3.57. The zero-order valence-corrected chi connectivity index (χ0v) is 13.7. The van der Waals surface area contributed by atoms with Gasteiger partial charge in [-0.2, -0.15) is 0 Å². The summed E-state index contributed by atoms with van der Waals surface area (Å²) in [7, 11) is 2.93. The number of amides is 1. The molecule has 0 unspecified atom stereocenters. The molecular formula is C15H20N4O4. The van der Waals surface area contributed by atoms with Crippen LogP contribution >= 0.6 is 0 Å². The molecule has 0 aliphatic rings. The van der Waals surface area contributed by atoms with Crippen molar-refractivity contribution < 1.29 is 9.53 Å². The highest BCUT2D eigenvalue weighted by Gasteiger charge is 2.18. The van der Waals surface area contributed by atoms with Gasteiger partial charge in [-0.3, -0.25) is 19.2 Å². The van der Waals surface area contributed by atoms with Gasteiger partial charge in [-0.15, -0.1) is 0 Å². The summed E-state index contributed by atoms with van der Waals surface area (Å²) in [6, 6.07) is 0. The Morgan fingerprint density at radius 1 is 1.26 bits per heavy atom. The van der Waals surface area contributed by atoms with Gasteiger partial charge in [-0.05, 0) is 18.9 Å². The van der Waals surface area contributed by atoms with Crippen molar-refractivity contribution in [2.75, 3.05) is 11.9 Å². The first-order valence-corrected chi connectivity index (χ1v) is 7.43. The number of fused-ring (bicyclic) bond motifs is 1. The van der Waals surface area contributed by atoms with Crippen LogP contribution in [-0.4, -0.2) is 26.8 Å². The Bertz CT molecular complexity index is 866. The minimum Gasteiger partial charge on any atom is -0.450 e. The largest absolute Gasteiger partial charge is 0.450 e. The van der Waals surface area contributed by atoms with Crippen molar-refractivity contribution >= 4 is 22.8 Å². The number of rotatable bonds is 4. The van der Waals surface area contributed by atoms with Crippen LogP contribution in [0.15, 0.2) is 15.8 Å². The van der Waals surface area contributed by atoms with Gasteiger partial charge < -0.3 is 4.74 Å². The van der Waals surface area contributed by atoms with Crippen LogP contribution in [0.3, 0.4) is 0 Å². The minimum atomic E-state index is -0.645. The van der Waals surface area contributed by atoms with E-state index in [1.807, 2.05) is 6.92 Å². The molecule has 124 valence electrons. The lowest BCUT2D eigenvalue weighted by Gasteiger charge is -2.15. The molecule has 2 aromatic heterocycles. The second kappa shape index (κ2) is 6.64. The van der Waals surface area contributed by atoms with Gasteiger partial charge in [-0.25, -0.2) is 14.6 Å². The molecule has 0 saturated carbocycles. The molecule has 8 nitrogen and oxygen atoms in total. The van der Waals surface area contributed by atoms with Gasteiger partial charge >= 0.3 is 11.8 Å². The Balaban J connectivity index is 2.82. The van der Waals surface area contributed by atoms with E-state index >= 15 is 0 Å². The average Bonchev–Trinajstić information content (AvgIpc) is 2.52. The Morgan fingerprint density at radius 3 is 2.57 bits per heavy atom. The third-order valence-corrected chi connectivity index (χ3v) is 3.57. The molecule has 0 fully saturated rings. The van der Waals surface area contributed by atoms with E-state index in [2.05, 4.69) is 10.3 Å². The van der Waals surface area contributed by atoms with Crippen LogP contribution in [0, 0.1) is 0 Å². The van der Waals surface area contributed by atoms with Gasteiger partial charge in [-0.1, -0.05) is 13.3 Å². The van der Waals surface area contributed by atoms with Gasteiger partial charge in [0.15, 0.2) is 5.65 Å². The molecule has 0 spiro atoms. The Labute approximate surface area is 132 Å².